The molecule has 2 aliphatic rings. The van der Waals surface area contributed by atoms with Crippen LogP contribution in [-0.2, 0) is 4.79 Å². The minimum absolute atomic E-state index is 0.152. The topological polar surface area (TPSA) is 40.6 Å². The van der Waals surface area contributed by atoms with Gasteiger partial charge in [0, 0.05) is 31.8 Å². The van der Waals surface area contributed by atoms with Crippen LogP contribution < -0.4 is 0 Å². The molecule has 0 aromatic heterocycles. The van der Waals surface area contributed by atoms with E-state index in [0.717, 1.165) is 31.4 Å². The predicted molar refractivity (Wildman–Crippen MR) is 140 cm³/mol. The van der Waals surface area contributed by atoms with Gasteiger partial charge in [0.2, 0.25) is 5.91 Å². The number of likely N-dealkylation sites (tertiary alicyclic amines) is 1. The van der Waals surface area contributed by atoms with Crippen LogP contribution in [0.15, 0.2) is 24.3 Å². The Labute approximate surface area is 210 Å². The molecule has 0 unspecified atom stereocenters. The zero-order valence-electron chi connectivity index (χ0n) is 21.0. The molecule has 2 heterocycles. The van der Waals surface area contributed by atoms with Crippen molar-refractivity contribution >= 4 is 23.6 Å². The van der Waals surface area contributed by atoms with Crippen LogP contribution in [0, 0.1) is 5.82 Å². The monoisotopic (exact) mass is 490 g/mol. The Bertz CT molecular complexity index is 779. The third-order valence-corrected chi connectivity index (χ3v) is 8.97. The van der Waals surface area contributed by atoms with Crippen molar-refractivity contribution in [1.82, 2.24) is 9.80 Å². The lowest BCUT2D eigenvalue weighted by Crippen LogP contribution is -2.53. The minimum Gasteiger partial charge on any atom is -0.342 e. The van der Waals surface area contributed by atoms with E-state index >= 15 is 0 Å². The molecule has 6 heteroatoms. The van der Waals surface area contributed by atoms with Crippen LogP contribution in [0.4, 0.5) is 4.39 Å². The van der Waals surface area contributed by atoms with Crippen molar-refractivity contribution in [2.45, 2.75) is 102 Å². The summed E-state index contributed by atoms with van der Waals surface area (Å²) in [6.45, 7) is 4.27. The van der Waals surface area contributed by atoms with Crippen molar-refractivity contribution in [2.75, 3.05) is 25.4 Å². The molecular weight excluding hydrogens is 447 g/mol. The molecule has 0 atom stereocenters. The van der Waals surface area contributed by atoms with Gasteiger partial charge in [0.25, 0.3) is 5.91 Å². The lowest BCUT2D eigenvalue weighted by atomic mass is 10.00. The van der Waals surface area contributed by atoms with Gasteiger partial charge in [0.05, 0.1) is 10.4 Å². The van der Waals surface area contributed by atoms with Gasteiger partial charge in [-0.25, -0.2) is 4.39 Å². The molecule has 1 spiro atoms. The van der Waals surface area contributed by atoms with E-state index in [2.05, 4.69) is 6.92 Å². The Morgan fingerprint density at radius 3 is 2.09 bits per heavy atom. The maximum absolute atomic E-state index is 14.2. The van der Waals surface area contributed by atoms with E-state index < -0.39 is 5.82 Å². The molecular formula is C28H43FN2O2S. The number of carbonyl (C=O) groups excluding carboxylic acids is 2. The Morgan fingerprint density at radius 2 is 1.47 bits per heavy atom. The van der Waals surface area contributed by atoms with Gasteiger partial charge in [-0.2, -0.15) is 0 Å². The van der Waals surface area contributed by atoms with E-state index in [9.17, 15) is 14.0 Å². The van der Waals surface area contributed by atoms with Crippen LogP contribution in [0.1, 0.15) is 107 Å². The second-order valence-corrected chi connectivity index (χ2v) is 11.4. The highest BCUT2D eigenvalue weighted by Crippen LogP contribution is 2.44. The van der Waals surface area contributed by atoms with Gasteiger partial charge in [-0.1, -0.05) is 83.3 Å². The molecule has 2 amide bonds. The first-order valence-corrected chi connectivity index (χ1v) is 14.5. The third kappa shape index (κ3) is 7.47. The van der Waals surface area contributed by atoms with Crippen LogP contribution in [-0.4, -0.2) is 51.9 Å². The van der Waals surface area contributed by atoms with E-state index in [1.54, 1.807) is 30.0 Å². The first kappa shape index (κ1) is 27.0. The second kappa shape index (κ2) is 14.1. The van der Waals surface area contributed by atoms with Gasteiger partial charge >= 0.3 is 0 Å². The largest absolute Gasteiger partial charge is 0.342 e. The fraction of sp³-hybridized carbons (Fsp3) is 0.714. The summed E-state index contributed by atoms with van der Waals surface area (Å²) in [6, 6.07) is 6.24. The van der Waals surface area contributed by atoms with Crippen LogP contribution in [0.2, 0.25) is 0 Å². The average molecular weight is 491 g/mol. The van der Waals surface area contributed by atoms with Crippen LogP contribution in [0.5, 0.6) is 0 Å². The molecule has 34 heavy (non-hydrogen) atoms. The molecule has 0 aliphatic carbocycles. The SMILES string of the molecule is CCCCCCCCCCCCCC(=O)N1CCC2(CC1)SCCN2C(=O)c1ccccc1F. The van der Waals surface area contributed by atoms with Crippen LogP contribution in [0.25, 0.3) is 0 Å². The summed E-state index contributed by atoms with van der Waals surface area (Å²) in [5.41, 5.74) is 0.152. The summed E-state index contributed by atoms with van der Waals surface area (Å²) in [5.74, 6) is 0.441. The first-order chi connectivity index (χ1) is 16.6. The molecule has 0 bridgehead atoms. The van der Waals surface area contributed by atoms with Gasteiger partial charge in [-0.3, -0.25) is 9.59 Å². The standard InChI is InChI=1S/C28H43FN2O2S/c1-2-3-4-5-6-7-8-9-10-11-12-17-26(32)30-20-18-28(19-21-30)31(22-23-34-28)27(33)24-15-13-14-16-25(24)29/h13-16H,2-12,17-23H2,1H3. The molecule has 1 aromatic rings. The summed E-state index contributed by atoms with van der Waals surface area (Å²) in [5, 5.41) is 0. The zero-order chi connectivity index (χ0) is 24.2. The minimum atomic E-state index is -0.459. The number of benzene rings is 1. The van der Waals surface area contributed by atoms with E-state index in [1.807, 2.05) is 9.80 Å². The van der Waals surface area contributed by atoms with Gasteiger partial charge in [0.1, 0.15) is 5.82 Å². The number of halogens is 1. The molecule has 2 saturated heterocycles. The smallest absolute Gasteiger partial charge is 0.257 e. The van der Waals surface area contributed by atoms with Gasteiger partial charge in [0.15, 0.2) is 0 Å². The maximum Gasteiger partial charge on any atom is 0.257 e. The number of nitrogens with zero attached hydrogens (tertiary/aromatic N) is 2. The van der Waals surface area contributed by atoms with E-state index in [4.69, 9.17) is 0 Å². The number of unbranched alkanes of at least 4 members (excludes halogenated alkanes) is 10. The second-order valence-electron chi connectivity index (χ2n) is 9.90. The number of thioether (sulfide) groups is 1. The highest BCUT2D eigenvalue weighted by atomic mass is 32.2. The molecule has 3 rings (SSSR count). The summed E-state index contributed by atoms with van der Waals surface area (Å²) in [7, 11) is 0. The number of carbonyl (C=O) groups is 2. The van der Waals surface area contributed by atoms with Crippen molar-refractivity contribution in [3.63, 3.8) is 0 Å². The van der Waals surface area contributed by atoms with Crippen molar-refractivity contribution < 1.29 is 14.0 Å². The number of piperidine rings is 1. The summed E-state index contributed by atoms with van der Waals surface area (Å²) >= 11 is 1.80. The molecule has 0 N–H and O–H groups in total. The fourth-order valence-corrected chi connectivity index (χ4v) is 6.75. The quantitative estimate of drug-likeness (QED) is 0.279. The van der Waals surface area contributed by atoms with Gasteiger partial charge in [-0.05, 0) is 31.4 Å². The Morgan fingerprint density at radius 1 is 0.882 bits per heavy atom. The third-order valence-electron chi connectivity index (χ3n) is 7.42. The highest BCUT2D eigenvalue weighted by Gasteiger charge is 2.47. The Balaban J connectivity index is 1.33. The summed E-state index contributed by atoms with van der Waals surface area (Å²) in [4.78, 5) is 29.4. The zero-order valence-corrected chi connectivity index (χ0v) is 21.9. The predicted octanol–water partition coefficient (Wildman–Crippen LogP) is 7.03. The fourth-order valence-electron chi connectivity index (χ4n) is 5.29. The average Bonchev–Trinajstić information content (AvgIpc) is 3.25. The maximum atomic E-state index is 14.2. The Kier molecular flexibility index (Phi) is 11.2. The molecule has 2 fully saturated rings. The number of rotatable bonds is 13. The van der Waals surface area contributed by atoms with Gasteiger partial charge in [-0.15, -0.1) is 11.8 Å². The molecule has 0 saturated carbocycles. The first-order valence-electron chi connectivity index (χ1n) is 13.6. The van der Waals surface area contributed by atoms with Crippen molar-refractivity contribution in [3.8, 4) is 0 Å². The lowest BCUT2D eigenvalue weighted by molar-refractivity contribution is -0.132. The normalized spacial score (nSPS) is 17.5. The summed E-state index contributed by atoms with van der Waals surface area (Å²) in [6.07, 6.45) is 16.3. The molecule has 0 radical (unpaired) electrons. The van der Waals surface area contributed by atoms with E-state index in [1.165, 1.54) is 63.9 Å². The van der Waals surface area contributed by atoms with E-state index in [0.29, 0.717) is 26.1 Å². The van der Waals surface area contributed by atoms with Crippen LogP contribution in [0.3, 0.4) is 0 Å². The number of amides is 2. The van der Waals surface area contributed by atoms with Crippen molar-refractivity contribution in [2.24, 2.45) is 0 Å². The van der Waals surface area contributed by atoms with Crippen molar-refractivity contribution in [1.29, 1.82) is 0 Å². The number of hydrogen-bond acceptors (Lipinski definition) is 3. The molecule has 190 valence electrons. The number of hydrogen-bond donors (Lipinski definition) is 0. The molecule has 2 aliphatic heterocycles. The summed E-state index contributed by atoms with van der Waals surface area (Å²) < 4.78 is 14.2. The van der Waals surface area contributed by atoms with Gasteiger partial charge < -0.3 is 9.80 Å². The van der Waals surface area contributed by atoms with Crippen LogP contribution >= 0.6 is 11.8 Å². The molecule has 1 aromatic carbocycles. The Hall–Kier alpha value is -1.56. The lowest BCUT2D eigenvalue weighted by Gasteiger charge is -2.44. The van der Waals surface area contributed by atoms with E-state index in [-0.39, 0.29) is 22.2 Å². The highest BCUT2D eigenvalue weighted by molar-refractivity contribution is 8.00. The van der Waals surface area contributed by atoms with Crippen molar-refractivity contribution in [3.05, 3.63) is 35.6 Å². The molecule has 4 nitrogen and oxygen atoms in total.